The van der Waals surface area contributed by atoms with E-state index in [-0.39, 0.29) is 30.3 Å². The first-order chi connectivity index (χ1) is 17.2. The first-order valence-electron chi connectivity index (χ1n) is 11.8. The SMILES string of the molecule is CNc1cccc(CCOc2cc(O)c3c(c2)/C=C/C[C@H](O)[C@H](O)C(=O)/C=C\[C@@H](C)[C@H](C)OC3=O)n1. The summed E-state index contributed by atoms with van der Waals surface area (Å²) < 4.78 is 11.4. The number of pyridine rings is 1. The lowest BCUT2D eigenvalue weighted by Crippen LogP contribution is -2.32. The van der Waals surface area contributed by atoms with Crippen LogP contribution in [0.15, 0.2) is 48.6 Å². The fourth-order valence-electron chi connectivity index (χ4n) is 3.58. The third kappa shape index (κ3) is 6.93. The molecule has 0 unspecified atom stereocenters. The summed E-state index contributed by atoms with van der Waals surface area (Å²) in [6, 6.07) is 8.55. The summed E-state index contributed by atoms with van der Waals surface area (Å²) in [5.41, 5.74) is 1.09. The molecule has 0 fully saturated rings. The number of carbonyl (C=O) groups is 2. The molecule has 0 saturated heterocycles. The number of carbonyl (C=O) groups excluding carboxylic acids is 2. The van der Waals surface area contributed by atoms with Crippen molar-refractivity contribution in [2.24, 2.45) is 5.92 Å². The normalized spacial score (nSPS) is 24.7. The average molecular weight is 497 g/mol. The Balaban J connectivity index is 1.86. The van der Waals surface area contributed by atoms with Crippen LogP contribution in [0.5, 0.6) is 11.5 Å². The zero-order valence-corrected chi connectivity index (χ0v) is 20.5. The standard InChI is InChI=1S/C27H32N2O7/c1-16-10-11-22(31)26(33)21(30)8-4-6-18-14-20(15-23(32)25(18)27(34)36-17(16)2)35-13-12-19-7-5-9-24(28-3)29-19/h4-7,9-11,14-17,21,26,30,32-33H,8,12-13H2,1-3H3,(H,28,29)/b6-4+,11-10-/t16-,17+,21+,26+/m1/s1. The lowest BCUT2D eigenvalue weighted by atomic mass is 9.99. The maximum absolute atomic E-state index is 13.0. The number of benzene rings is 1. The molecule has 9 heteroatoms. The average Bonchev–Trinajstić information content (AvgIpc) is 2.85. The van der Waals surface area contributed by atoms with Crippen molar-refractivity contribution in [3.63, 3.8) is 0 Å². The number of fused-ring (bicyclic) bond motifs is 1. The number of rotatable bonds is 5. The van der Waals surface area contributed by atoms with E-state index in [0.29, 0.717) is 17.7 Å². The largest absolute Gasteiger partial charge is 0.507 e. The van der Waals surface area contributed by atoms with E-state index in [2.05, 4.69) is 10.3 Å². The second kappa shape index (κ2) is 12.3. The van der Waals surface area contributed by atoms with Crippen LogP contribution in [0.25, 0.3) is 6.08 Å². The van der Waals surface area contributed by atoms with Crippen molar-refractivity contribution < 1.29 is 34.4 Å². The van der Waals surface area contributed by atoms with Crippen LogP contribution in [0.3, 0.4) is 0 Å². The number of nitrogens with one attached hydrogen (secondary N) is 1. The molecule has 192 valence electrons. The van der Waals surface area contributed by atoms with Crippen LogP contribution in [0.4, 0.5) is 5.82 Å². The second-order valence-electron chi connectivity index (χ2n) is 8.65. The molecule has 1 aliphatic rings. The number of aromatic hydroxyl groups is 1. The van der Waals surface area contributed by atoms with E-state index in [4.69, 9.17) is 9.47 Å². The van der Waals surface area contributed by atoms with E-state index in [1.165, 1.54) is 30.4 Å². The van der Waals surface area contributed by atoms with E-state index >= 15 is 0 Å². The monoisotopic (exact) mass is 496 g/mol. The highest BCUT2D eigenvalue weighted by molar-refractivity contribution is 5.97. The number of nitrogens with zero attached hydrogens (tertiary/aromatic N) is 1. The molecule has 36 heavy (non-hydrogen) atoms. The van der Waals surface area contributed by atoms with Crippen molar-refractivity contribution >= 4 is 23.6 Å². The predicted octanol–water partition coefficient (Wildman–Crippen LogP) is 2.90. The molecule has 0 spiro atoms. The van der Waals surface area contributed by atoms with Gasteiger partial charge in [0.25, 0.3) is 0 Å². The minimum absolute atomic E-state index is 0.0480. The number of cyclic esters (lactones) is 1. The molecule has 3 rings (SSSR count). The molecule has 2 aromatic rings. The Bertz CT molecular complexity index is 1140. The van der Waals surface area contributed by atoms with Gasteiger partial charge in [-0.2, -0.15) is 0 Å². The Morgan fingerprint density at radius 1 is 1.17 bits per heavy atom. The van der Waals surface area contributed by atoms with E-state index in [1.54, 1.807) is 27.0 Å². The fraction of sp³-hybridized carbons (Fsp3) is 0.370. The third-order valence-corrected chi connectivity index (χ3v) is 5.94. The quantitative estimate of drug-likeness (QED) is 0.460. The number of hydrogen-bond acceptors (Lipinski definition) is 9. The second-order valence-corrected chi connectivity index (χ2v) is 8.65. The van der Waals surface area contributed by atoms with E-state index in [9.17, 15) is 24.9 Å². The molecule has 0 amide bonds. The summed E-state index contributed by atoms with van der Waals surface area (Å²) in [6.45, 7) is 3.69. The molecule has 1 aromatic heterocycles. The Kier molecular flexibility index (Phi) is 9.21. The van der Waals surface area contributed by atoms with Crippen molar-refractivity contribution in [3.8, 4) is 11.5 Å². The van der Waals surface area contributed by atoms with Crippen LogP contribution in [0.1, 0.15) is 41.9 Å². The summed E-state index contributed by atoms with van der Waals surface area (Å²) >= 11 is 0. The predicted molar refractivity (Wildman–Crippen MR) is 135 cm³/mol. The highest BCUT2D eigenvalue weighted by Gasteiger charge is 2.25. The molecule has 4 N–H and O–H groups in total. The Labute approximate surface area is 210 Å². The summed E-state index contributed by atoms with van der Waals surface area (Å²) in [7, 11) is 1.79. The van der Waals surface area contributed by atoms with Gasteiger partial charge in [0, 0.05) is 31.1 Å². The van der Waals surface area contributed by atoms with E-state index in [0.717, 1.165) is 11.5 Å². The van der Waals surface area contributed by atoms with Gasteiger partial charge >= 0.3 is 5.97 Å². The maximum Gasteiger partial charge on any atom is 0.342 e. The van der Waals surface area contributed by atoms with Crippen LogP contribution in [-0.4, -0.2) is 64.0 Å². The molecule has 0 bridgehead atoms. The van der Waals surface area contributed by atoms with Gasteiger partial charge in [-0.15, -0.1) is 0 Å². The van der Waals surface area contributed by atoms with Crippen molar-refractivity contribution in [1.29, 1.82) is 0 Å². The molecule has 9 nitrogen and oxygen atoms in total. The van der Waals surface area contributed by atoms with Gasteiger partial charge in [0.05, 0.1) is 12.7 Å². The highest BCUT2D eigenvalue weighted by atomic mass is 16.5. The minimum atomic E-state index is -1.59. The fourth-order valence-corrected chi connectivity index (χ4v) is 3.58. The van der Waals surface area contributed by atoms with Gasteiger partial charge in [0.15, 0.2) is 5.78 Å². The molecule has 1 aliphatic heterocycles. The van der Waals surface area contributed by atoms with Gasteiger partial charge in [-0.05, 0) is 43.2 Å². The van der Waals surface area contributed by atoms with Crippen LogP contribution in [-0.2, 0) is 16.0 Å². The van der Waals surface area contributed by atoms with Gasteiger partial charge in [0.1, 0.15) is 35.1 Å². The molecule has 4 atom stereocenters. The van der Waals surface area contributed by atoms with E-state index < -0.39 is 30.1 Å². The number of anilines is 1. The van der Waals surface area contributed by atoms with Crippen molar-refractivity contribution in [1.82, 2.24) is 4.98 Å². The van der Waals surface area contributed by atoms with Gasteiger partial charge in [-0.3, -0.25) is 4.79 Å². The zero-order valence-electron chi connectivity index (χ0n) is 20.5. The van der Waals surface area contributed by atoms with E-state index in [1.807, 2.05) is 18.2 Å². The van der Waals surface area contributed by atoms with Crippen LogP contribution in [0, 0.1) is 5.92 Å². The number of aliphatic hydroxyl groups excluding tert-OH is 2. The van der Waals surface area contributed by atoms with Gasteiger partial charge < -0.3 is 30.1 Å². The van der Waals surface area contributed by atoms with Crippen molar-refractivity contribution in [2.75, 3.05) is 19.0 Å². The number of hydrogen-bond donors (Lipinski definition) is 4. The smallest absolute Gasteiger partial charge is 0.342 e. The maximum atomic E-state index is 13.0. The van der Waals surface area contributed by atoms with Crippen LogP contribution >= 0.6 is 0 Å². The van der Waals surface area contributed by atoms with Gasteiger partial charge in [-0.25, -0.2) is 9.78 Å². The molecule has 1 aromatic carbocycles. The Morgan fingerprint density at radius 2 is 1.94 bits per heavy atom. The summed E-state index contributed by atoms with van der Waals surface area (Å²) in [6.07, 6.45) is 2.62. The first-order valence-corrected chi connectivity index (χ1v) is 11.8. The number of ether oxygens (including phenoxy) is 2. The number of ketones is 1. The summed E-state index contributed by atoms with van der Waals surface area (Å²) in [4.78, 5) is 29.5. The number of phenolic OH excluding ortho intramolecular Hbond substituents is 1. The number of aliphatic hydroxyl groups is 2. The Morgan fingerprint density at radius 3 is 2.69 bits per heavy atom. The third-order valence-electron chi connectivity index (χ3n) is 5.94. The molecular weight excluding hydrogens is 464 g/mol. The topological polar surface area (TPSA) is 138 Å². The summed E-state index contributed by atoms with van der Waals surface area (Å²) in [5.74, 6) is -0.970. The molecule has 0 saturated carbocycles. The van der Waals surface area contributed by atoms with Crippen molar-refractivity contribution in [3.05, 3.63) is 65.4 Å². The van der Waals surface area contributed by atoms with Crippen molar-refractivity contribution in [2.45, 2.75) is 45.0 Å². The highest BCUT2D eigenvalue weighted by Crippen LogP contribution is 2.31. The van der Waals surface area contributed by atoms with Gasteiger partial charge in [0.2, 0.25) is 0 Å². The molecule has 2 heterocycles. The minimum Gasteiger partial charge on any atom is -0.507 e. The van der Waals surface area contributed by atoms with Crippen LogP contribution < -0.4 is 10.1 Å². The molecule has 0 aliphatic carbocycles. The lowest BCUT2D eigenvalue weighted by molar-refractivity contribution is -0.127. The molecule has 0 radical (unpaired) electrons. The lowest BCUT2D eigenvalue weighted by Gasteiger charge is -2.20. The first kappa shape index (κ1) is 26.9. The zero-order chi connectivity index (χ0) is 26.2. The Hall–Kier alpha value is -3.69. The molecular formula is C27H32N2O7. The van der Waals surface area contributed by atoms with Crippen LogP contribution in [0.2, 0.25) is 0 Å². The van der Waals surface area contributed by atoms with Gasteiger partial charge in [-0.1, -0.05) is 31.2 Å². The number of esters is 1. The summed E-state index contributed by atoms with van der Waals surface area (Å²) in [5, 5.41) is 34.0. The number of aromatic nitrogens is 1. The number of phenols is 1.